The highest BCUT2D eigenvalue weighted by Crippen LogP contribution is 2.31. The highest BCUT2D eigenvalue weighted by Gasteiger charge is 2.30. The zero-order valence-corrected chi connectivity index (χ0v) is 7.90. The molecule has 1 fully saturated rings. The highest BCUT2D eigenvalue weighted by atomic mass is 32.2. The summed E-state index contributed by atoms with van der Waals surface area (Å²) in [5, 5.41) is 1.23. The Morgan fingerprint density at radius 1 is 1.64 bits per heavy atom. The van der Waals surface area contributed by atoms with Crippen LogP contribution in [0.2, 0.25) is 0 Å². The van der Waals surface area contributed by atoms with Gasteiger partial charge >= 0.3 is 0 Å². The summed E-state index contributed by atoms with van der Waals surface area (Å²) in [7, 11) is 2.19. The van der Waals surface area contributed by atoms with Crippen molar-refractivity contribution in [1.82, 2.24) is 4.90 Å². The smallest absolute Gasteiger partial charge is 0.0930 e. The normalized spacial score (nSPS) is 38.5. The molecule has 0 bridgehead atoms. The molecule has 11 heavy (non-hydrogen) atoms. The van der Waals surface area contributed by atoms with Crippen molar-refractivity contribution < 1.29 is 0 Å². The van der Waals surface area contributed by atoms with E-state index in [1.165, 1.54) is 25.2 Å². The first-order valence-corrected chi connectivity index (χ1v) is 5.10. The predicted molar refractivity (Wildman–Crippen MR) is 50.4 cm³/mol. The molecule has 0 aliphatic carbocycles. The maximum Gasteiger partial charge on any atom is 0.0930 e. The Kier molecular flexibility index (Phi) is 1.93. The number of fused-ring (bicyclic) bond motifs is 1. The SMILES string of the molecule is CC1N=C2CCN(C)CC2S1. The first-order chi connectivity index (χ1) is 5.25. The Hall–Kier alpha value is -0.0200. The van der Waals surface area contributed by atoms with Gasteiger partial charge in [0.1, 0.15) is 0 Å². The van der Waals surface area contributed by atoms with E-state index in [9.17, 15) is 0 Å². The molecular weight excluding hydrogens is 156 g/mol. The van der Waals surface area contributed by atoms with Gasteiger partial charge in [0, 0.05) is 18.8 Å². The molecule has 2 atom stereocenters. The number of hydrogen-bond acceptors (Lipinski definition) is 3. The van der Waals surface area contributed by atoms with E-state index in [0.29, 0.717) is 10.6 Å². The fraction of sp³-hybridized carbons (Fsp3) is 0.875. The fourth-order valence-electron chi connectivity index (χ4n) is 1.72. The van der Waals surface area contributed by atoms with E-state index in [2.05, 4.69) is 23.9 Å². The van der Waals surface area contributed by atoms with Gasteiger partial charge in [0.2, 0.25) is 0 Å². The number of likely N-dealkylation sites (tertiary alicyclic amines) is 1. The van der Waals surface area contributed by atoms with Crippen LogP contribution < -0.4 is 0 Å². The number of rotatable bonds is 0. The van der Waals surface area contributed by atoms with Gasteiger partial charge in [0.25, 0.3) is 0 Å². The second kappa shape index (κ2) is 2.79. The third kappa shape index (κ3) is 1.44. The number of piperidine rings is 1. The molecule has 0 aromatic rings. The van der Waals surface area contributed by atoms with Crippen LogP contribution in [0.15, 0.2) is 4.99 Å². The Morgan fingerprint density at radius 3 is 3.27 bits per heavy atom. The summed E-state index contributed by atoms with van der Waals surface area (Å²) in [6.07, 6.45) is 1.19. The van der Waals surface area contributed by atoms with Crippen LogP contribution >= 0.6 is 11.8 Å². The summed E-state index contributed by atoms with van der Waals surface area (Å²) in [6.45, 7) is 4.59. The molecule has 2 nitrogen and oxygen atoms in total. The van der Waals surface area contributed by atoms with Gasteiger partial charge in [0.15, 0.2) is 0 Å². The van der Waals surface area contributed by atoms with E-state index in [0.717, 1.165) is 0 Å². The molecule has 2 rings (SSSR count). The second-order valence-corrected chi connectivity index (χ2v) is 4.88. The monoisotopic (exact) mass is 170 g/mol. The summed E-state index contributed by atoms with van der Waals surface area (Å²) >= 11 is 2.01. The number of nitrogens with zero attached hydrogens (tertiary/aromatic N) is 2. The Balaban J connectivity index is 2.07. The zero-order valence-electron chi connectivity index (χ0n) is 7.08. The van der Waals surface area contributed by atoms with Crippen molar-refractivity contribution in [3.63, 3.8) is 0 Å². The lowest BCUT2D eigenvalue weighted by molar-refractivity contribution is 0.341. The minimum absolute atomic E-state index is 0.515. The molecule has 3 heteroatoms. The molecule has 2 aliphatic heterocycles. The molecule has 2 heterocycles. The predicted octanol–water partition coefficient (Wildman–Crippen LogP) is 1.22. The van der Waals surface area contributed by atoms with Crippen LogP contribution in [0.4, 0.5) is 0 Å². The van der Waals surface area contributed by atoms with E-state index in [1.54, 1.807) is 0 Å². The molecule has 0 aromatic carbocycles. The van der Waals surface area contributed by atoms with Gasteiger partial charge in [0.05, 0.1) is 10.6 Å². The molecule has 62 valence electrons. The van der Waals surface area contributed by atoms with Crippen LogP contribution in [0.5, 0.6) is 0 Å². The van der Waals surface area contributed by atoms with E-state index in [1.807, 2.05) is 11.8 Å². The lowest BCUT2D eigenvalue weighted by Crippen LogP contribution is -2.38. The molecule has 0 radical (unpaired) electrons. The zero-order chi connectivity index (χ0) is 7.84. The van der Waals surface area contributed by atoms with Crippen LogP contribution in [0.1, 0.15) is 13.3 Å². The molecule has 0 N–H and O–H groups in total. The van der Waals surface area contributed by atoms with Crippen molar-refractivity contribution in [3.05, 3.63) is 0 Å². The van der Waals surface area contributed by atoms with Gasteiger partial charge in [-0.25, -0.2) is 0 Å². The van der Waals surface area contributed by atoms with E-state index < -0.39 is 0 Å². The first-order valence-electron chi connectivity index (χ1n) is 4.16. The van der Waals surface area contributed by atoms with Crippen molar-refractivity contribution in [2.75, 3.05) is 20.1 Å². The second-order valence-electron chi connectivity index (χ2n) is 3.36. The molecular formula is C8H14N2S. The Labute approximate surface area is 72.1 Å². The fourth-order valence-corrected chi connectivity index (χ4v) is 3.07. The van der Waals surface area contributed by atoms with Crippen LogP contribution in [-0.2, 0) is 0 Å². The topological polar surface area (TPSA) is 15.6 Å². The molecule has 2 unspecified atom stereocenters. The molecule has 2 aliphatic rings. The van der Waals surface area contributed by atoms with E-state index >= 15 is 0 Å². The maximum atomic E-state index is 4.60. The average Bonchev–Trinajstić information content (AvgIpc) is 2.27. The minimum Gasteiger partial charge on any atom is -0.305 e. The van der Waals surface area contributed by atoms with Crippen molar-refractivity contribution >= 4 is 17.5 Å². The van der Waals surface area contributed by atoms with Crippen molar-refractivity contribution in [2.24, 2.45) is 4.99 Å². The van der Waals surface area contributed by atoms with Crippen molar-refractivity contribution in [1.29, 1.82) is 0 Å². The van der Waals surface area contributed by atoms with Gasteiger partial charge in [-0.3, -0.25) is 4.99 Å². The van der Waals surface area contributed by atoms with Crippen LogP contribution in [-0.4, -0.2) is 41.4 Å². The summed E-state index contributed by atoms with van der Waals surface area (Å²) in [6, 6.07) is 0. The van der Waals surface area contributed by atoms with Crippen molar-refractivity contribution in [3.8, 4) is 0 Å². The van der Waals surface area contributed by atoms with Crippen molar-refractivity contribution in [2.45, 2.75) is 24.0 Å². The largest absolute Gasteiger partial charge is 0.305 e. The number of hydrogen-bond donors (Lipinski definition) is 0. The minimum atomic E-state index is 0.515. The van der Waals surface area contributed by atoms with Gasteiger partial charge in [-0.2, -0.15) is 0 Å². The van der Waals surface area contributed by atoms with Gasteiger partial charge in [-0.15, -0.1) is 11.8 Å². The first kappa shape index (κ1) is 7.62. The quantitative estimate of drug-likeness (QED) is 0.543. The average molecular weight is 170 g/mol. The maximum absolute atomic E-state index is 4.60. The number of thioether (sulfide) groups is 1. The molecule has 0 aromatic heterocycles. The molecule has 0 saturated carbocycles. The number of aliphatic imine (C=N–C) groups is 1. The van der Waals surface area contributed by atoms with Gasteiger partial charge in [-0.1, -0.05) is 0 Å². The van der Waals surface area contributed by atoms with Crippen LogP contribution in [0.25, 0.3) is 0 Å². The summed E-state index contributed by atoms with van der Waals surface area (Å²) in [5.74, 6) is 0. The summed E-state index contributed by atoms with van der Waals surface area (Å²) < 4.78 is 0. The third-order valence-electron chi connectivity index (χ3n) is 2.31. The molecule has 0 amide bonds. The standard InChI is InChI=1S/C8H14N2S/c1-6-9-7-3-4-10(2)5-8(7)11-6/h6,8H,3-5H2,1-2H3. The van der Waals surface area contributed by atoms with Gasteiger partial charge in [-0.05, 0) is 20.4 Å². The lowest BCUT2D eigenvalue weighted by atomic mass is 10.1. The lowest BCUT2D eigenvalue weighted by Gasteiger charge is -2.27. The van der Waals surface area contributed by atoms with Gasteiger partial charge < -0.3 is 4.90 Å². The van der Waals surface area contributed by atoms with Crippen LogP contribution in [0.3, 0.4) is 0 Å². The highest BCUT2D eigenvalue weighted by molar-refractivity contribution is 8.01. The summed E-state index contributed by atoms with van der Waals surface area (Å²) in [4.78, 5) is 7.00. The van der Waals surface area contributed by atoms with Crippen LogP contribution in [0, 0.1) is 0 Å². The molecule has 1 saturated heterocycles. The molecule has 0 spiro atoms. The van der Waals surface area contributed by atoms with E-state index in [-0.39, 0.29) is 0 Å². The Bertz CT molecular complexity index is 191. The third-order valence-corrected chi connectivity index (χ3v) is 3.56. The summed E-state index contributed by atoms with van der Waals surface area (Å²) in [5.41, 5.74) is 1.46. The van der Waals surface area contributed by atoms with E-state index in [4.69, 9.17) is 0 Å². The Morgan fingerprint density at radius 2 is 2.45 bits per heavy atom.